The van der Waals surface area contributed by atoms with Gasteiger partial charge in [-0.15, -0.1) is 0 Å². The van der Waals surface area contributed by atoms with Crippen LogP contribution in [0.4, 0.5) is 16.2 Å². The van der Waals surface area contributed by atoms with E-state index in [1.807, 2.05) is 0 Å². The first-order valence-corrected chi connectivity index (χ1v) is 6.34. The lowest BCUT2D eigenvalue weighted by Crippen LogP contribution is -2.19. The number of nitrogens with one attached hydrogen (secondary N) is 2. The molecule has 0 saturated heterocycles. The highest BCUT2D eigenvalue weighted by atomic mass is 35.5. The van der Waals surface area contributed by atoms with Crippen LogP contribution in [-0.4, -0.2) is 24.1 Å². The molecule has 0 spiro atoms. The van der Waals surface area contributed by atoms with E-state index in [1.165, 1.54) is 25.4 Å². The number of ether oxygens (including phenoxy) is 1. The van der Waals surface area contributed by atoms with Crippen LogP contribution in [0.1, 0.15) is 10.4 Å². The van der Waals surface area contributed by atoms with Crippen molar-refractivity contribution in [3.05, 3.63) is 53.3 Å². The van der Waals surface area contributed by atoms with Crippen LogP contribution in [0.3, 0.4) is 0 Å². The van der Waals surface area contributed by atoms with E-state index in [0.717, 1.165) is 0 Å². The van der Waals surface area contributed by atoms with Crippen LogP contribution in [0, 0.1) is 0 Å². The van der Waals surface area contributed by atoms with E-state index in [9.17, 15) is 9.59 Å². The standard InChI is InChI=1S/C14H12ClN3O3/c1-21-13(19)11-5-4-9(7-12(11)15)17-14(20)18-10-3-2-6-16-8-10/h2-8H,1H3,(H2,17,18,20). The molecule has 21 heavy (non-hydrogen) atoms. The second-order valence-electron chi connectivity index (χ2n) is 4.01. The van der Waals surface area contributed by atoms with Gasteiger partial charge in [-0.1, -0.05) is 11.6 Å². The normalized spacial score (nSPS) is 9.81. The number of aromatic nitrogens is 1. The molecule has 2 N–H and O–H groups in total. The summed E-state index contributed by atoms with van der Waals surface area (Å²) < 4.78 is 4.59. The number of methoxy groups -OCH3 is 1. The Hall–Kier alpha value is -2.60. The summed E-state index contributed by atoms with van der Waals surface area (Å²) in [6, 6.07) is 7.48. The minimum absolute atomic E-state index is 0.195. The molecule has 108 valence electrons. The number of nitrogens with zero attached hydrogens (tertiary/aromatic N) is 1. The second-order valence-corrected chi connectivity index (χ2v) is 4.41. The second kappa shape index (κ2) is 6.71. The maximum absolute atomic E-state index is 11.8. The number of pyridine rings is 1. The Morgan fingerprint density at radius 2 is 1.95 bits per heavy atom. The Labute approximate surface area is 126 Å². The third kappa shape index (κ3) is 3.93. The number of urea groups is 1. The monoisotopic (exact) mass is 305 g/mol. The molecule has 2 amide bonds. The lowest BCUT2D eigenvalue weighted by Gasteiger charge is -2.09. The van der Waals surface area contributed by atoms with Crippen molar-refractivity contribution in [3.8, 4) is 0 Å². The van der Waals surface area contributed by atoms with E-state index >= 15 is 0 Å². The first-order valence-electron chi connectivity index (χ1n) is 5.96. The summed E-state index contributed by atoms with van der Waals surface area (Å²) in [6.07, 6.45) is 3.13. The zero-order valence-electron chi connectivity index (χ0n) is 11.1. The third-order valence-corrected chi connectivity index (χ3v) is 2.86. The van der Waals surface area contributed by atoms with Gasteiger partial charge in [0.05, 0.1) is 29.6 Å². The zero-order valence-corrected chi connectivity index (χ0v) is 11.8. The van der Waals surface area contributed by atoms with Crippen molar-refractivity contribution in [1.82, 2.24) is 4.98 Å². The van der Waals surface area contributed by atoms with Gasteiger partial charge in [0.25, 0.3) is 0 Å². The van der Waals surface area contributed by atoms with E-state index in [2.05, 4.69) is 20.4 Å². The van der Waals surface area contributed by atoms with Gasteiger partial charge in [-0.25, -0.2) is 9.59 Å². The fraction of sp³-hybridized carbons (Fsp3) is 0.0714. The van der Waals surface area contributed by atoms with Gasteiger partial charge >= 0.3 is 12.0 Å². The molecule has 0 aliphatic carbocycles. The average Bonchev–Trinajstić information content (AvgIpc) is 2.47. The molecule has 0 atom stereocenters. The highest BCUT2D eigenvalue weighted by molar-refractivity contribution is 6.34. The van der Waals surface area contributed by atoms with Crippen molar-refractivity contribution >= 4 is 35.0 Å². The van der Waals surface area contributed by atoms with Gasteiger partial charge in [0, 0.05) is 11.9 Å². The Bertz CT molecular complexity index is 662. The van der Waals surface area contributed by atoms with Crippen LogP contribution < -0.4 is 10.6 Å². The molecule has 1 aromatic heterocycles. The van der Waals surface area contributed by atoms with Crippen molar-refractivity contribution in [1.29, 1.82) is 0 Å². The minimum atomic E-state index is -0.536. The van der Waals surface area contributed by atoms with Crippen LogP contribution in [0.5, 0.6) is 0 Å². The summed E-state index contributed by atoms with van der Waals surface area (Å²) in [6.45, 7) is 0. The van der Waals surface area contributed by atoms with Crippen LogP contribution in [0.2, 0.25) is 5.02 Å². The van der Waals surface area contributed by atoms with Crippen molar-refractivity contribution in [3.63, 3.8) is 0 Å². The number of halogens is 1. The van der Waals surface area contributed by atoms with E-state index in [0.29, 0.717) is 11.4 Å². The van der Waals surface area contributed by atoms with Crippen LogP contribution in [0.25, 0.3) is 0 Å². The number of rotatable bonds is 3. The number of hydrogen-bond donors (Lipinski definition) is 2. The predicted molar refractivity (Wildman–Crippen MR) is 79.7 cm³/mol. The number of amides is 2. The van der Waals surface area contributed by atoms with E-state index in [-0.39, 0.29) is 10.6 Å². The molecule has 0 aliphatic rings. The van der Waals surface area contributed by atoms with Gasteiger partial charge in [0.15, 0.2) is 0 Å². The van der Waals surface area contributed by atoms with E-state index in [4.69, 9.17) is 11.6 Å². The number of carbonyl (C=O) groups excluding carboxylic acids is 2. The van der Waals surface area contributed by atoms with Crippen molar-refractivity contribution < 1.29 is 14.3 Å². The lowest BCUT2D eigenvalue weighted by atomic mass is 10.2. The maximum atomic E-state index is 11.8. The maximum Gasteiger partial charge on any atom is 0.339 e. The lowest BCUT2D eigenvalue weighted by molar-refractivity contribution is 0.0601. The SMILES string of the molecule is COC(=O)c1ccc(NC(=O)Nc2cccnc2)cc1Cl. The topological polar surface area (TPSA) is 80.3 Å². The molecule has 2 aromatic rings. The van der Waals surface area contributed by atoms with Gasteiger partial charge in [-0.3, -0.25) is 4.98 Å². The van der Waals surface area contributed by atoms with Gasteiger partial charge in [-0.05, 0) is 30.3 Å². The van der Waals surface area contributed by atoms with Gasteiger partial charge in [-0.2, -0.15) is 0 Å². The van der Waals surface area contributed by atoms with Gasteiger partial charge in [0.2, 0.25) is 0 Å². The number of carbonyl (C=O) groups is 2. The summed E-state index contributed by atoms with van der Waals surface area (Å²) in [5.74, 6) is -0.536. The Morgan fingerprint density at radius 1 is 1.19 bits per heavy atom. The molecule has 0 bridgehead atoms. The minimum Gasteiger partial charge on any atom is -0.465 e. The van der Waals surface area contributed by atoms with Crippen molar-refractivity contribution in [2.45, 2.75) is 0 Å². The summed E-state index contributed by atoms with van der Waals surface area (Å²) in [5, 5.41) is 5.41. The fourth-order valence-corrected chi connectivity index (χ4v) is 1.86. The molecule has 0 aliphatic heterocycles. The van der Waals surface area contributed by atoms with Crippen LogP contribution in [-0.2, 0) is 4.74 Å². The van der Waals surface area contributed by atoms with E-state index < -0.39 is 12.0 Å². The Balaban J connectivity index is 2.05. The molecule has 2 rings (SSSR count). The molecular weight excluding hydrogens is 294 g/mol. The molecule has 0 fully saturated rings. The average molecular weight is 306 g/mol. The summed E-state index contributed by atoms with van der Waals surface area (Å²) in [4.78, 5) is 27.1. The number of benzene rings is 1. The molecule has 7 heteroatoms. The third-order valence-electron chi connectivity index (χ3n) is 2.55. The van der Waals surface area contributed by atoms with Gasteiger partial charge < -0.3 is 15.4 Å². The largest absolute Gasteiger partial charge is 0.465 e. The molecule has 0 radical (unpaired) electrons. The summed E-state index contributed by atoms with van der Waals surface area (Å²) in [7, 11) is 1.27. The highest BCUT2D eigenvalue weighted by Gasteiger charge is 2.11. The number of esters is 1. The van der Waals surface area contributed by atoms with Crippen molar-refractivity contribution in [2.75, 3.05) is 17.7 Å². The Morgan fingerprint density at radius 3 is 2.57 bits per heavy atom. The molecular formula is C14H12ClN3O3. The molecule has 6 nitrogen and oxygen atoms in total. The quantitative estimate of drug-likeness (QED) is 0.854. The molecule has 1 heterocycles. The number of hydrogen-bond acceptors (Lipinski definition) is 4. The zero-order chi connectivity index (χ0) is 15.2. The first-order chi connectivity index (χ1) is 10.1. The highest BCUT2D eigenvalue weighted by Crippen LogP contribution is 2.21. The van der Waals surface area contributed by atoms with Gasteiger partial charge in [0.1, 0.15) is 0 Å². The van der Waals surface area contributed by atoms with Crippen LogP contribution >= 0.6 is 11.6 Å². The van der Waals surface area contributed by atoms with Crippen molar-refractivity contribution in [2.24, 2.45) is 0 Å². The fourth-order valence-electron chi connectivity index (χ4n) is 1.60. The summed E-state index contributed by atoms with van der Waals surface area (Å²) >= 11 is 5.96. The first kappa shape index (κ1) is 14.8. The number of anilines is 2. The Kier molecular flexibility index (Phi) is 4.73. The smallest absolute Gasteiger partial charge is 0.339 e. The molecule has 0 unspecified atom stereocenters. The molecule has 1 aromatic carbocycles. The summed E-state index contributed by atoms with van der Waals surface area (Å²) in [5.41, 5.74) is 1.25. The molecule has 0 saturated carbocycles. The van der Waals surface area contributed by atoms with Crippen LogP contribution in [0.15, 0.2) is 42.7 Å². The predicted octanol–water partition coefficient (Wildman–Crippen LogP) is 3.17. The van der Waals surface area contributed by atoms with E-state index in [1.54, 1.807) is 24.4 Å².